The Balaban J connectivity index is 1.04. The van der Waals surface area contributed by atoms with Gasteiger partial charge in [-0.3, -0.25) is 9.59 Å². The Morgan fingerprint density at radius 2 is 1.63 bits per heavy atom. The van der Waals surface area contributed by atoms with Crippen LogP contribution in [0.2, 0.25) is 0 Å². The largest absolute Gasteiger partial charge is 0.438 e. The number of aryl methyl sites for hydroxylation is 2. The molecule has 1 fully saturated rings. The van der Waals surface area contributed by atoms with E-state index in [1.807, 2.05) is 47.7 Å². The molecule has 0 aliphatic heterocycles. The molecule has 10 heteroatoms. The van der Waals surface area contributed by atoms with Crippen LogP contribution in [0.3, 0.4) is 0 Å². The van der Waals surface area contributed by atoms with Crippen molar-refractivity contribution in [2.24, 2.45) is 0 Å². The average Bonchev–Trinajstić information content (AvgIpc) is 3.55. The fourth-order valence-corrected chi connectivity index (χ4v) is 6.23. The predicted molar refractivity (Wildman–Crippen MR) is 189 cm³/mol. The molecule has 0 bridgehead atoms. The zero-order valence-electron chi connectivity index (χ0n) is 28.2. The number of fused-ring (bicyclic) bond motifs is 1. The quantitative estimate of drug-likeness (QED) is 0.124. The van der Waals surface area contributed by atoms with E-state index < -0.39 is 11.7 Å². The van der Waals surface area contributed by atoms with E-state index in [1.165, 1.54) is 5.56 Å². The van der Waals surface area contributed by atoms with Crippen molar-refractivity contribution < 1.29 is 18.7 Å². The van der Waals surface area contributed by atoms with Crippen LogP contribution in [0.5, 0.6) is 11.6 Å². The van der Waals surface area contributed by atoms with E-state index in [1.54, 1.807) is 12.3 Å². The van der Waals surface area contributed by atoms with Gasteiger partial charge in [-0.2, -0.15) is 0 Å². The molecule has 6 rings (SSSR count). The highest BCUT2D eigenvalue weighted by molar-refractivity contribution is 5.96. The number of ether oxygens (including phenoxy) is 1. The van der Waals surface area contributed by atoms with Crippen molar-refractivity contribution in [1.82, 2.24) is 30.3 Å². The van der Waals surface area contributed by atoms with Crippen LogP contribution in [0.15, 0.2) is 85.2 Å². The molecule has 0 saturated heterocycles. The van der Waals surface area contributed by atoms with Gasteiger partial charge < -0.3 is 25.1 Å². The summed E-state index contributed by atoms with van der Waals surface area (Å²) in [5.74, 6) is -0.768. The number of imidazole rings is 1. The highest BCUT2D eigenvalue weighted by Crippen LogP contribution is 2.29. The molecule has 0 unspecified atom stereocenters. The number of halogens is 1. The second-order valence-corrected chi connectivity index (χ2v) is 13.1. The average molecular weight is 663 g/mol. The number of nitrogens with zero attached hydrogens (tertiary/aromatic N) is 3. The summed E-state index contributed by atoms with van der Waals surface area (Å²) in [6.45, 7) is 7.26. The van der Waals surface area contributed by atoms with E-state index in [9.17, 15) is 14.0 Å². The third-order valence-corrected chi connectivity index (χ3v) is 8.92. The van der Waals surface area contributed by atoms with E-state index in [0.717, 1.165) is 54.1 Å². The molecule has 2 aromatic carbocycles. The molecule has 5 aromatic rings. The summed E-state index contributed by atoms with van der Waals surface area (Å²) in [6, 6.07) is 23.3. The molecule has 3 heterocycles. The van der Waals surface area contributed by atoms with Gasteiger partial charge in [0.25, 0.3) is 11.8 Å². The monoisotopic (exact) mass is 662 g/mol. The number of carbonyl (C=O) groups is 2. The Kier molecular flexibility index (Phi) is 10.6. The van der Waals surface area contributed by atoms with E-state index in [-0.39, 0.29) is 29.4 Å². The Morgan fingerprint density at radius 1 is 0.918 bits per heavy atom. The number of aromatic nitrogens is 3. The lowest BCUT2D eigenvalue weighted by Crippen LogP contribution is -2.44. The Labute approximate surface area is 286 Å². The molecule has 1 aliphatic rings. The molecule has 3 aromatic heterocycles. The molecule has 254 valence electrons. The molecular formula is C39H43FN6O3. The maximum Gasteiger partial charge on any atom is 0.271 e. The smallest absolute Gasteiger partial charge is 0.271 e. The normalized spacial score (nSPS) is 16.1. The minimum atomic E-state index is -0.625. The van der Waals surface area contributed by atoms with Crippen molar-refractivity contribution in [3.8, 4) is 22.8 Å². The van der Waals surface area contributed by atoms with Crippen LogP contribution in [0, 0.1) is 12.7 Å². The van der Waals surface area contributed by atoms with Crippen LogP contribution in [-0.2, 0) is 6.42 Å². The number of hydrogen-bond acceptors (Lipinski definition) is 6. The van der Waals surface area contributed by atoms with Crippen molar-refractivity contribution >= 4 is 17.5 Å². The fraction of sp³-hybridized carbons (Fsp3) is 0.333. The lowest BCUT2D eigenvalue weighted by Gasteiger charge is -2.29. The maximum absolute atomic E-state index is 14.3. The van der Waals surface area contributed by atoms with Gasteiger partial charge in [-0.15, -0.1) is 0 Å². The number of carbonyl (C=O) groups excluding carboxylic acids is 2. The minimum Gasteiger partial charge on any atom is -0.438 e. The van der Waals surface area contributed by atoms with Gasteiger partial charge in [0, 0.05) is 30.0 Å². The lowest BCUT2D eigenvalue weighted by molar-refractivity contribution is 0.0888. The molecule has 0 radical (unpaired) electrons. The van der Waals surface area contributed by atoms with Gasteiger partial charge >= 0.3 is 0 Å². The number of nitrogens with one attached hydrogen (secondary N) is 3. The summed E-state index contributed by atoms with van der Waals surface area (Å²) in [5, 5.41) is 9.56. The fourth-order valence-electron chi connectivity index (χ4n) is 6.23. The van der Waals surface area contributed by atoms with Gasteiger partial charge in [-0.1, -0.05) is 56.3 Å². The van der Waals surface area contributed by atoms with Crippen molar-refractivity contribution in [2.75, 3.05) is 6.54 Å². The molecule has 1 aliphatic carbocycles. The van der Waals surface area contributed by atoms with E-state index in [0.29, 0.717) is 43.2 Å². The van der Waals surface area contributed by atoms with Crippen molar-refractivity contribution in [3.63, 3.8) is 0 Å². The zero-order chi connectivity index (χ0) is 34.3. The van der Waals surface area contributed by atoms with Gasteiger partial charge in [-0.25, -0.2) is 14.4 Å². The second kappa shape index (κ2) is 15.4. The van der Waals surface area contributed by atoms with Gasteiger partial charge in [-0.05, 0) is 99.0 Å². The summed E-state index contributed by atoms with van der Waals surface area (Å²) in [4.78, 5) is 34.9. The summed E-state index contributed by atoms with van der Waals surface area (Å²) in [7, 11) is 0. The third kappa shape index (κ3) is 8.69. The predicted octanol–water partition coefficient (Wildman–Crippen LogP) is 7.04. The van der Waals surface area contributed by atoms with E-state index >= 15 is 0 Å². The molecule has 0 atom stereocenters. The van der Waals surface area contributed by atoms with Crippen LogP contribution >= 0.6 is 0 Å². The Bertz CT molecular complexity index is 1910. The van der Waals surface area contributed by atoms with Crippen LogP contribution < -0.4 is 20.7 Å². The van der Waals surface area contributed by atoms with Gasteiger partial charge in [0.1, 0.15) is 28.5 Å². The first-order valence-electron chi connectivity index (χ1n) is 17.0. The van der Waals surface area contributed by atoms with Crippen molar-refractivity contribution in [1.29, 1.82) is 0 Å². The number of pyridine rings is 2. The minimum absolute atomic E-state index is 0.0271. The van der Waals surface area contributed by atoms with Crippen LogP contribution in [0.1, 0.15) is 78.1 Å². The first-order chi connectivity index (χ1) is 23.7. The van der Waals surface area contributed by atoms with Gasteiger partial charge in [0.15, 0.2) is 0 Å². The topological polar surface area (TPSA) is 110 Å². The van der Waals surface area contributed by atoms with Gasteiger partial charge in [0.2, 0.25) is 5.88 Å². The second-order valence-electron chi connectivity index (χ2n) is 13.1. The molecule has 9 nitrogen and oxygen atoms in total. The highest BCUT2D eigenvalue weighted by atomic mass is 19.1. The Morgan fingerprint density at radius 3 is 2.35 bits per heavy atom. The first kappa shape index (κ1) is 33.8. The standard InChI is InChI=1S/C39H43FN6O3/c1-25(2)41-20-6-8-27-12-14-28(15-13-27)29-9-5-10-33(21-29)49-39-34(22-30(40)23-42-39)37(47)43-31-16-18-32(19-17-31)44-38(48)35-24-46-26(3)7-4-11-36(46)45-35/h4-5,7,9-15,21-25,31-32,41H,6,8,16-20H2,1-3H3,(H,43,47)(H,44,48)/t31-,32+. The number of rotatable bonds is 12. The van der Waals surface area contributed by atoms with E-state index in [2.05, 4.69) is 64.0 Å². The summed E-state index contributed by atoms with van der Waals surface area (Å²) >= 11 is 0. The summed E-state index contributed by atoms with van der Waals surface area (Å²) in [5.41, 5.74) is 5.41. The molecule has 0 spiro atoms. The molecule has 3 N–H and O–H groups in total. The third-order valence-electron chi connectivity index (χ3n) is 8.92. The van der Waals surface area contributed by atoms with Crippen molar-refractivity contribution in [2.45, 2.75) is 77.4 Å². The van der Waals surface area contributed by atoms with Crippen LogP contribution in [-0.4, -0.2) is 50.9 Å². The molecule has 49 heavy (non-hydrogen) atoms. The highest BCUT2D eigenvalue weighted by Gasteiger charge is 2.26. The molecular weight excluding hydrogens is 619 g/mol. The van der Waals surface area contributed by atoms with Crippen molar-refractivity contribution in [3.05, 3.63) is 114 Å². The van der Waals surface area contributed by atoms with Crippen LogP contribution in [0.25, 0.3) is 16.8 Å². The number of benzene rings is 2. The lowest BCUT2D eigenvalue weighted by atomic mass is 9.91. The molecule has 2 amide bonds. The zero-order valence-corrected chi connectivity index (χ0v) is 28.2. The van der Waals surface area contributed by atoms with Crippen LogP contribution in [0.4, 0.5) is 4.39 Å². The SMILES string of the molecule is Cc1cccc2nc(C(=O)N[C@H]3CC[C@@H](NC(=O)c4cc(F)cnc4Oc4cccc(-c5ccc(CCCNC(C)C)cc5)c4)CC3)cn12. The number of hydrogen-bond donors (Lipinski definition) is 3. The first-order valence-corrected chi connectivity index (χ1v) is 17.0. The summed E-state index contributed by atoms with van der Waals surface area (Å²) in [6.07, 6.45) is 7.58. The van der Waals surface area contributed by atoms with Gasteiger partial charge in [0.05, 0.1) is 6.20 Å². The molecule has 1 saturated carbocycles. The number of amides is 2. The Hall–Kier alpha value is -5.09. The summed E-state index contributed by atoms with van der Waals surface area (Å²) < 4.78 is 22.3. The van der Waals surface area contributed by atoms with E-state index in [4.69, 9.17) is 4.74 Å². The maximum atomic E-state index is 14.3.